The Morgan fingerprint density at radius 1 is 1.25 bits per heavy atom. The van der Waals surface area contributed by atoms with E-state index < -0.39 is 21.7 Å². The number of sulfone groups is 1. The molecule has 20 heavy (non-hydrogen) atoms. The third kappa shape index (κ3) is 3.48. The molecule has 1 aromatic carbocycles. The molecule has 0 heterocycles. The fourth-order valence-electron chi connectivity index (χ4n) is 2.53. The number of carbonyl (C=O) groups is 1. The van der Waals surface area contributed by atoms with E-state index in [4.69, 9.17) is 0 Å². The summed E-state index contributed by atoms with van der Waals surface area (Å²) < 4.78 is 22.8. The van der Waals surface area contributed by atoms with E-state index in [0.29, 0.717) is 17.9 Å². The Bertz CT molecular complexity index is 606. The van der Waals surface area contributed by atoms with Gasteiger partial charge in [-0.05, 0) is 42.9 Å². The molecule has 1 N–H and O–H groups in total. The fourth-order valence-corrected chi connectivity index (χ4v) is 3.16. The van der Waals surface area contributed by atoms with Crippen LogP contribution in [0.1, 0.15) is 30.7 Å². The number of allylic oxidation sites excluding steroid dienone is 2. The number of benzene rings is 1. The number of rotatable bonds is 5. The Kier molecular flexibility index (Phi) is 4.28. The minimum absolute atomic E-state index is 0.216. The minimum Gasteiger partial charge on any atom is -0.481 e. The van der Waals surface area contributed by atoms with E-state index in [1.807, 2.05) is 0 Å². The van der Waals surface area contributed by atoms with E-state index >= 15 is 0 Å². The molecule has 0 fully saturated rings. The third-order valence-electron chi connectivity index (χ3n) is 3.68. The van der Waals surface area contributed by atoms with Crippen LogP contribution in [0.15, 0.2) is 41.3 Å². The minimum atomic E-state index is -3.25. The van der Waals surface area contributed by atoms with Crippen molar-refractivity contribution in [3.63, 3.8) is 0 Å². The van der Waals surface area contributed by atoms with Crippen LogP contribution in [0.2, 0.25) is 0 Å². The first-order valence-electron chi connectivity index (χ1n) is 6.55. The highest BCUT2D eigenvalue weighted by Gasteiger charge is 2.25. The van der Waals surface area contributed by atoms with Crippen molar-refractivity contribution in [2.24, 2.45) is 5.92 Å². The number of hydrogen-bond acceptors (Lipinski definition) is 3. The normalized spacial score (nSPS) is 17.2. The molecular weight excluding hydrogens is 276 g/mol. The van der Waals surface area contributed by atoms with Crippen molar-refractivity contribution in [2.75, 3.05) is 6.26 Å². The summed E-state index contributed by atoms with van der Waals surface area (Å²) in [5, 5.41) is 9.38. The van der Waals surface area contributed by atoms with Crippen LogP contribution in [0.4, 0.5) is 0 Å². The number of carboxylic acid groups (broad SMARTS) is 1. The van der Waals surface area contributed by atoms with Gasteiger partial charge in [-0.1, -0.05) is 24.3 Å². The van der Waals surface area contributed by atoms with Gasteiger partial charge in [0.1, 0.15) is 0 Å². The molecule has 0 unspecified atom stereocenters. The SMILES string of the molecule is CS(=O)(=O)c1ccc([C@@H](CC2CC=CC2)C(=O)O)cc1. The summed E-state index contributed by atoms with van der Waals surface area (Å²) in [4.78, 5) is 11.6. The molecule has 108 valence electrons. The Morgan fingerprint density at radius 3 is 2.25 bits per heavy atom. The molecule has 0 saturated heterocycles. The average Bonchev–Trinajstić information content (AvgIpc) is 2.87. The van der Waals surface area contributed by atoms with Crippen LogP contribution in [-0.2, 0) is 14.6 Å². The lowest BCUT2D eigenvalue weighted by Crippen LogP contribution is -2.15. The van der Waals surface area contributed by atoms with Crippen LogP contribution >= 0.6 is 0 Å². The molecule has 0 aliphatic heterocycles. The molecule has 1 aromatic rings. The van der Waals surface area contributed by atoms with E-state index in [1.165, 1.54) is 12.1 Å². The molecular formula is C15H18O4S. The summed E-state index contributed by atoms with van der Waals surface area (Å²) in [6.07, 6.45) is 7.73. The van der Waals surface area contributed by atoms with Crippen molar-refractivity contribution in [1.82, 2.24) is 0 Å². The number of hydrogen-bond donors (Lipinski definition) is 1. The summed E-state index contributed by atoms with van der Waals surface area (Å²) >= 11 is 0. The van der Waals surface area contributed by atoms with Gasteiger partial charge in [-0.15, -0.1) is 0 Å². The van der Waals surface area contributed by atoms with E-state index in [0.717, 1.165) is 19.1 Å². The van der Waals surface area contributed by atoms with Crippen molar-refractivity contribution >= 4 is 15.8 Å². The largest absolute Gasteiger partial charge is 0.481 e. The van der Waals surface area contributed by atoms with Gasteiger partial charge in [0.2, 0.25) is 0 Å². The van der Waals surface area contributed by atoms with Crippen molar-refractivity contribution in [1.29, 1.82) is 0 Å². The Balaban J connectivity index is 2.19. The zero-order chi connectivity index (χ0) is 14.8. The summed E-state index contributed by atoms with van der Waals surface area (Å²) in [6, 6.07) is 6.18. The molecule has 0 aromatic heterocycles. The zero-order valence-corrected chi connectivity index (χ0v) is 12.1. The lowest BCUT2D eigenvalue weighted by molar-refractivity contribution is -0.139. The van der Waals surface area contributed by atoms with Gasteiger partial charge in [-0.25, -0.2) is 8.42 Å². The van der Waals surface area contributed by atoms with Crippen LogP contribution in [0.5, 0.6) is 0 Å². The van der Waals surface area contributed by atoms with Crippen molar-refractivity contribution < 1.29 is 18.3 Å². The zero-order valence-electron chi connectivity index (χ0n) is 11.3. The van der Waals surface area contributed by atoms with Gasteiger partial charge in [0, 0.05) is 6.26 Å². The Morgan fingerprint density at radius 2 is 1.80 bits per heavy atom. The summed E-state index contributed by atoms with van der Waals surface area (Å²) in [7, 11) is -3.25. The van der Waals surface area contributed by atoms with Crippen LogP contribution in [-0.4, -0.2) is 25.7 Å². The lowest BCUT2D eigenvalue weighted by Gasteiger charge is -2.17. The van der Waals surface area contributed by atoms with E-state index in [-0.39, 0.29) is 4.90 Å². The summed E-state index contributed by atoms with van der Waals surface area (Å²) in [5.41, 5.74) is 0.664. The van der Waals surface area contributed by atoms with Crippen LogP contribution < -0.4 is 0 Å². The quantitative estimate of drug-likeness (QED) is 0.847. The first kappa shape index (κ1) is 14.8. The standard InChI is InChI=1S/C15H18O4S/c1-20(18,19)13-8-6-12(7-9-13)14(15(16)17)10-11-4-2-3-5-11/h2-3,6-9,11,14H,4-5,10H2,1H3,(H,16,17)/t14-/m1/s1. The van der Waals surface area contributed by atoms with Gasteiger partial charge in [0.05, 0.1) is 10.8 Å². The predicted octanol–water partition coefficient (Wildman–Crippen LogP) is 2.61. The molecule has 1 aliphatic rings. The first-order valence-corrected chi connectivity index (χ1v) is 8.45. The second-order valence-corrected chi connectivity index (χ2v) is 7.29. The van der Waals surface area contributed by atoms with E-state index in [1.54, 1.807) is 12.1 Å². The molecule has 0 radical (unpaired) electrons. The number of aliphatic carboxylic acids is 1. The maximum Gasteiger partial charge on any atom is 0.310 e. The van der Waals surface area contributed by atoms with Crippen molar-refractivity contribution in [2.45, 2.75) is 30.1 Å². The van der Waals surface area contributed by atoms with Gasteiger partial charge in [0.15, 0.2) is 9.84 Å². The van der Waals surface area contributed by atoms with Gasteiger partial charge >= 0.3 is 5.97 Å². The molecule has 1 aliphatic carbocycles. The fraction of sp³-hybridized carbons (Fsp3) is 0.400. The molecule has 5 heteroatoms. The Labute approximate surface area is 119 Å². The van der Waals surface area contributed by atoms with Crippen molar-refractivity contribution in [3.8, 4) is 0 Å². The lowest BCUT2D eigenvalue weighted by atomic mass is 9.88. The van der Waals surface area contributed by atoms with Crippen LogP contribution in [0.25, 0.3) is 0 Å². The highest BCUT2D eigenvalue weighted by atomic mass is 32.2. The first-order chi connectivity index (χ1) is 9.38. The third-order valence-corrected chi connectivity index (χ3v) is 4.81. The topological polar surface area (TPSA) is 71.4 Å². The monoisotopic (exact) mass is 294 g/mol. The van der Waals surface area contributed by atoms with Crippen molar-refractivity contribution in [3.05, 3.63) is 42.0 Å². The highest BCUT2D eigenvalue weighted by Crippen LogP contribution is 2.31. The van der Waals surface area contributed by atoms with E-state index in [9.17, 15) is 18.3 Å². The Hall–Kier alpha value is -1.62. The molecule has 0 saturated carbocycles. The molecule has 4 nitrogen and oxygen atoms in total. The second-order valence-electron chi connectivity index (χ2n) is 5.28. The van der Waals surface area contributed by atoms with Crippen LogP contribution in [0, 0.1) is 5.92 Å². The van der Waals surface area contributed by atoms with E-state index in [2.05, 4.69) is 12.2 Å². The molecule has 0 bridgehead atoms. The smallest absolute Gasteiger partial charge is 0.310 e. The van der Waals surface area contributed by atoms with Crippen LogP contribution in [0.3, 0.4) is 0 Å². The summed E-state index contributed by atoms with van der Waals surface area (Å²) in [5.74, 6) is -1.07. The number of carboxylic acids is 1. The average molecular weight is 294 g/mol. The van der Waals surface area contributed by atoms with Gasteiger partial charge < -0.3 is 5.11 Å². The highest BCUT2D eigenvalue weighted by molar-refractivity contribution is 7.90. The van der Waals surface area contributed by atoms with Gasteiger partial charge in [-0.2, -0.15) is 0 Å². The molecule has 0 spiro atoms. The molecule has 1 atom stereocenters. The predicted molar refractivity (Wildman–Crippen MR) is 76.4 cm³/mol. The maximum atomic E-state index is 11.4. The van der Waals surface area contributed by atoms with Gasteiger partial charge in [0.25, 0.3) is 0 Å². The molecule has 2 rings (SSSR count). The van der Waals surface area contributed by atoms with Gasteiger partial charge in [-0.3, -0.25) is 4.79 Å². The summed E-state index contributed by atoms with van der Waals surface area (Å²) in [6.45, 7) is 0. The maximum absolute atomic E-state index is 11.4. The second kappa shape index (κ2) is 5.79. The molecule has 0 amide bonds.